The van der Waals surface area contributed by atoms with Gasteiger partial charge in [0.05, 0.1) is 25.9 Å². The van der Waals surface area contributed by atoms with E-state index in [1.807, 2.05) is 0 Å². The largest absolute Gasteiger partial charge is 0.382 e. The number of benzene rings is 1. The van der Waals surface area contributed by atoms with Crippen molar-refractivity contribution in [2.45, 2.75) is 6.10 Å². The van der Waals surface area contributed by atoms with Gasteiger partial charge in [0.1, 0.15) is 0 Å². The standard InChI is InChI=1S/C13H16Cl2N2O3/c1-19-8-12-7-17(2-3-20-12)13(18)16-11-5-9(14)4-10(15)6-11/h4-6,12H,2-3,7-8H2,1H3,(H,16,18)/t12-/m0/s1. The molecule has 2 rings (SSSR count). The lowest BCUT2D eigenvalue weighted by Gasteiger charge is -2.32. The fourth-order valence-electron chi connectivity index (χ4n) is 2.02. The number of halogens is 2. The monoisotopic (exact) mass is 318 g/mol. The number of anilines is 1. The van der Waals surface area contributed by atoms with E-state index in [2.05, 4.69) is 5.32 Å². The quantitative estimate of drug-likeness (QED) is 0.932. The van der Waals surface area contributed by atoms with Gasteiger partial charge in [0.2, 0.25) is 0 Å². The second-order valence-electron chi connectivity index (χ2n) is 4.48. The lowest BCUT2D eigenvalue weighted by atomic mass is 10.3. The molecule has 0 saturated carbocycles. The van der Waals surface area contributed by atoms with Crippen molar-refractivity contribution in [1.82, 2.24) is 4.90 Å². The fraction of sp³-hybridized carbons (Fsp3) is 0.462. The third kappa shape index (κ3) is 4.24. The predicted molar refractivity (Wildman–Crippen MR) is 78.7 cm³/mol. The molecule has 0 aromatic heterocycles. The van der Waals surface area contributed by atoms with Crippen molar-refractivity contribution < 1.29 is 14.3 Å². The topological polar surface area (TPSA) is 50.8 Å². The number of hydrogen-bond donors (Lipinski definition) is 1. The van der Waals surface area contributed by atoms with Gasteiger partial charge in [-0.1, -0.05) is 23.2 Å². The SMILES string of the molecule is COC[C@@H]1CN(C(=O)Nc2cc(Cl)cc(Cl)c2)CCO1. The highest BCUT2D eigenvalue weighted by atomic mass is 35.5. The first-order valence-electron chi connectivity index (χ1n) is 6.21. The summed E-state index contributed by atoms with van der Waals surface area (Å²) in [5.74, 6) is 0. The summed E-state index contributed by atoms with van der Waals surface area (Å²) >= 11 is 11.8. The number of urea groups is 1. The number of hydrogen-bond acceptors (Lipinski definition) is 3. The van der Waals surface area contributed by atoms with Crippen molar-refractivity contribution in [1.29, 1.82) is 0 Å². The summed E-state index contributed by atoms with van der Waals surface area (Å²) < 4.78 is 10.5. The summed E-state index contributed by atoms with van der Waals surface area (Å²) in [4.78, 5) is 13.9. The highest BCUT2D eigenvalue weighted by molar-refractivity contribution is 6.35. The van der Waals surface area contributed by atoms with Crippen LogP contribution < -0.4 is 5.32 Å². The molecular weight excluding hydrogens is 303 g/mol. The Morgan fingerprint density at radius 3 is 2.80 bits per heavy atom. The molecule has 1 aromatic carbocycles. The smallest absolute Gasteiger partial charge is 0.322 e. The molecule has 1 heterocycles. The van der Waals surface area contributed by atoms with Crippen LogP contribution in [0, 0.1) is 0 Å². The summed E-state index contributed by atoms with van der Waals surface area (Å²) in [5.41, 5.74) is 0.572. The van der Waals surface area contributed by atoms with Gasteiger partial charge in [-0.3, -0.25) is 0 Å². The van der Waals surface area contributed by atoms with Gasteiger partial charge in [0, 0.05) is 29.4 Å². The Hall–Kier alpha value is -1.01. The summed E-state index contributed by atoms with van der Waals surface area (Å²) in [7, 11) is 1.61. The zero-order valence-electron chi connectivity index (χ0n) is 11.1. The lowest BCUT2D eigenvalue weighted by Crippen LogP contribution is -2.48. The number of carbonyl (C=O) groups is 1. The highest BCUT2D eigenvalue weighted by Gasteiger charge is 2.24. The zero-order valence-corrected chi connectivity index (χ0v) is 12.6. The van der Waals surface area contributed by atoms with E-state index in [1.165, 1.54) is 0 Å². The minimum atomic E-state index is -0.201. The fourth-order valence-corrected chi connectivity index (χ4v) is 2.55. The van der Waals surface area contributed by atoms with Crippen molar-refractivity contribution in [3.63, 3.8) is 0 Å². The van der Waals surface area contributed by atoms with Gasteiger partial charge >= 0.3 is 6.03 Å². The Balaban J connectivity index is 1.97. The molecule has 1 aromatic rings. The summed E-state index contributed by atoms with van der Waals surface area (Å²) in [6.45, 7) is 2.00. The third-order valence-electron chi connectivity index (χ3n) is 2.89. The van der Waals surface area contributed by atoms with Gasteiger partial charge in [0.15, 0.2) is 0 Å². The molecule has 0 unspecified atom stereocenters. The number of nitrogens with zero attached hydrogens (tertiary/aromatic N) is 1. The Labute approximate surface area is 127 Å². The molecule has 0 aliphatic carbocycles. The summed E-state index contributed by atoms with van der Waals surface area (Å²) in [6, 6.07) is 4.71. The number of morpholine rings is 1. The molecule has 1 aliphatic rings. The van der Waals surface area contributed by atoms with Gasteiger partial charge < -0.3 is 19.7 Å². The maximum Gasteiger partial charge on any atom is 0.322 e. The van der Waals surface area contributed by atoms with Gasteiger partial charge in [0.25, 0.3) is 0 Å². The first-order valence-corrected chi connectivity index (χ1v) is 6.96. The third-order valence-corrected chi connectivity index (χ3v) is 3.33. The highest BCUT2D eigenvalue weighted by Crippen LogP contribution is 2.22. The van der Waals surface area contributed by atoms with Gasteiger partial charge in [-0.25, -0.2) is 4.79 Å². The van der Waals surface area contributed by atoms with Crippen LogP contribution in [0.3, 0.4) is 0 Å². The lowest BCUT2D eigenvalue weighted by molar-refractivity contribution is -0.0481. The van der Waals surface area contributed by atoms with E-state index in [4.69, 9.17) is 32.7 Å². The van der Waals surface area contributed by atoms with Gasteiger partial charge in [-0.15, -0.1) is 0 Å². The Bertz CT molecular complexity index is 462. The number of amides is 2. The van der Waals surface area contributed by atoms with Crippen LogP contribution in [0.5, 0.6) is 0 Å². The summed E-state index contributed by atoms with van der Waals surface area (Å²) in [6.07, 6.45) is -0.0950. The normalized spacial score (nSPS) is 18.9. The molecule has 1 N–H and O–H groups in total. The van der Waals surface area contributed by atoms with Crippen LogP contribution in [0.4, 0.5) is 10.5 Å². The molecule has 20 heavy (non-hydrogen) atoms. The Kier molecular flexibility index (Phi) is 5.48. The average molecular weight is 319 g/mol. The molecule has 2 amide bonds. The first-order chi connectivity index (χ1) is 9.58. The van der Waals surface area contributed by atoms with Gasteiger partial charge in [-0.2, -0.15) is 0 Å². The molecule has 0 radical (unpaired) electrons. The molecule has 1 saturated heterocycles. The van der Waals surface area contributed by atoms with Crippen LogP contribution in [-0.2, 0) is 9.47 Å². The van der Waals surface area contributed by atoms with E-state index in [1.54, 1.807) is 30.2 Å². The number of nitrogens with one attached hydrogen (secondary N) is 1. The summed E-state index contributed by atoms with van der Waals surface area (Å²) in [5, 5.41) is 3.74. The molecule has 1 fully saturated rings. The number of carbonyl (C=O) groups excluding carboxylic acids is 1. The number of methoxy groups -OCH3 is 1. The maximum atomic E-state index is 12.2. The van der Waals surface area contributed by atoms with Crippen molar-refractivity contribution in [3.05, 3.63) is 28.2 Å². The van der Waals surface area contributed by atoms with Crippen molar-refractivity contribution in [3.8, 4) is 0 Å². The molecule has 0 bridgehead atoms. The number of ether oxygens (including phenoxy) is 2. The average Bonchev–Trinajstić information content (AvgIpc) is 2.38. The molecule has 1 aliphatic heterocycles. The van der Waals surface area contributed by atoms with Crippen LogP contribution >= 0.6 is 23.2 Å². The van der Waals surface area contributed by atoms with E-state index in [0.717, 1.165) is 0 Å². The van der Waals surface area contributed by atoms with E-state index in [-0.39, 0.29) is 12.1 Å². The Morgan fingerprint density at radius 1 is 1.45 bits per heavy atom. The van der Waals surface area contributed by atoms with Crippen LogP contribution in [-0.4, -0.2) is 50.4 Å². The molecule has 1 atom stereocenters. The van der Waals surface area contributed by atoms with Crippen molar-refractivity contribution >= 4 is 34.9 Å². The van der Waals surface area contributed by atoms with Crippen LogP contribution in [0.15, 0.2) is 18.2 Å². The molecule has 0 spiro atoms. The molecule has 110 valence electrons. The maximum absolute atomic E-state index is 12.2. The van der Waals surface area contributed by atoms with E-state index in [9.17, 15) is 4.79 Å². The van der Waals surface area contributed by atoms with Crippen molar-refractivity contribution in [2.24, 2.45) is 0 Å². The molecule has 5 nitrogen and oxygen atoms in total. The van der Waals surface area contributed by atoms with Crippen LogP contribution in [0.25, 0.3) is 0 Å². The molecule has 7 heteroatoms. The minimum absolute atomic E-state index is 0.0950. The molecular formula is C13H16Cl2N2O3. The van der Waals surface area contributed by atoms with E-state index in [0.29, 0.717) is 42.0 Å². The predicted octanol–water partition coefficient (Wildman–Crippen LogP) is 2.87. The van der Waals surface area contributed by atoms with E-state index >= 15 is 0 Å². The first kappa shape index (κ1) is 15.4. The van der Waals surface area contributed by atoms with Crippen molar-refractivity contribution in [2.75, 3.05) is 38.7 Å². The van der Waals surface area contributed by atoms with Crippen LogP contribution in [0.1, 0.15) is 0 Å². The van der Waals surface area contributed by atoms with E-state index < -0.39 is 0 Å². The Morgan fingerprint density at radius 2 is 2.15 bits per heavy atom. The van der Waals surface area contributed by atoms with Crippen LogP contribution in [0.2, 0.25) is 10.0 Å². The number of rotatable bonds is 3. The second kappa shape index (κ2) is 7.13. The van der Waals surface area contributed by atoms with Gasteiger partial charge in [-0.05, 0) is 18.2 Å². The zero-order chi connectivity index (χ0) is 14.5. The minimum Gasteiger partial charge on any atom is -0.382 e. The second-order valence-corrected chi connectivity index (χ2v) is 5.36.